The minimum absolute atomic E-state index is 0.123. The Balaban J connectivity index is 1.53. The van der Waals surface area contributed by atoms with Crippen LogP contribution in [0.5, 0.6) is 0 Å². The van der Waals surface area contributed by atoms with E-state index in [2.05, 4.69) is 26.9 Å². The summed E-state index contributed by atoms with van der Waals surface area (Å²) < 4.78 is 9.36. The minimum atomic E-state index is -0.123. The van der Waals surface area contributed by atoms with Gasteiger partial charge in [-0.15, -0.1) is 0 Å². The molecule has 1 N–H and O–H groups in total. The Morgan fingerprint density at radius 3 is 3.04 bits per heavy atom. The normalized spacial score (nSPS) is 23.3. The van der Waals surface area contributed by atoms with E-state index in [-0.39, 0.29) is 5.91 Å². The van der Waals surface area contributed by atoms with Gasteiger partial charge in [0.05, 0.1) is 18.5 Å². The van der Waals surface area contributed by atoms with Gasteiger partial charge in [-0.1, -0.05) is 0 Å². The highest BCUT2D eigenvalue weighted by Crippen LogP contribution is 2.28. The molecule has 1 saturated heterocycles. The first kappa shape index (κ1) is 16.3. The van der Waals surface area contributed by atoms with Gasteiger partial charge in [0.25, 0.3) is 5.91 Å². The van der Waals surface area contributed by atoms with Crippen LogP contribution in [0.2, 0.25) is 0 Å². The zero-order valence-corrected chi connectivity index (χ0v) is 14.9. The predicted octanol–water partition coefficient (Wildman–Crippen LogP) is 2.66. The molecule has 4 rings (SSSR count). The predicted molar refractivity (Wildman–Crippen MR) is 93.8 cm³/mol. The number of carbonyl (C=O) groups excluding carboxylic acids is 1. The van der Waals surface area contributed by atoms with Crippen LogP contribution in [0.1, 0.15) is 66.6 Å². The average molecular weight is 343 g/mol. The lowest BCUT2D eigenvalue weighted by Gasteiger charge is -2.23. The molecule has 0 saturated carbocycles. The van der Waals surface area contributed by atoms with Crippen molar-refractivity contribution in [3.63, 3.8) is 0 Å². The summed E-state index contributed by atoms with van der Waals surface area (Å²) in [6, 6.07) is 2.28. The van der Waals surface area contributed by atoms with Crippen molar-refractivity contribution in [2.75, 3.05) is 18.5 Å². The maximum Gasteiger partial charge on any atom is 0.275 e. The van der Waals surface area contributed by atoms with E-state index in [0.717, 1.165) is 50.2 Å². The van der Waals surface area contributed by atoms with Gasteiger partial charge in [-0.05, 0) is 32.6 Å². The second-order valence-corrected chi connectivity index (χ2v) is 7.12. The molecule has 4 heterocycles. The van der Waals surface area contributed by atoms with Crippen molar-refractivity contribution in [3.8, 4) is 0 Å². The van der Waals surface area contributed by atoms with Crippen molar-refractivity contribution in [3.05, 3.63) is 29.5 Å². The molecule has 1 fully saturated rings. The molecule has 1 amide bonds. The van der Waals surface area contributed by atoms with Gasteiger partial charge in [0, 0.05) is 38.1 Å². The van der Waals surface area contributed by atoms with Crippen LogP contribution in [0.15, 0.2) is 12.3 Å². The molecule has 0 bridgehead atoms. The number of nitrogens with zero attached hydrogens (tertiary/aromatic N) is 4. The fourth-order valence-electron chi connectivity index (χ4n) is 3.89. The average Bonchev–Trinajstić information content (AvgIpc) is 3.21. The van der Waals surface area contributed by atoms with Crippen LogP contribution in [-0.4, -0.2) is 38.5 Å². The summed E-state index contributed by atoms with van der Waals surface area (Å²) >= 11 is 0. The number of fused-ring (bicyclic) bond motifs is 1. The Morgan fingerprint density at radius 1 is 1.36 bits per heavy atom. The van der Waals surface area contributed by atoms with Crippen molar-refractivity contribution in [1.29, 1.82) is 0 Å². The van der Waals surface area contributed by atoms with Gasteiger partial charge in [0.15, 0.2) is 0 Å². The first-order chi connectivity index (χ1) is 12.1. The maximum atomic E-state index is 12.8. The number of nitrogens with one attached hydrogen (secondary N) is 1. The topological polar surface area (TPSA) is 74.0 Å². The molecule has 0 aliphatic carbocycles. The summed E-state index contributed by atoms with van der Waals surface area (Å²) in [5.74, 6) is 1.91. The third-order valence-corrected chi connectivity index (χ3v) is 5.29. The molecular weight excluding hydrogens is 318 g/mol. The number of hydrogen-bond donors (Lipinski definition) is 1. The molecule has 2 unspecified atom stereocenters. The molecule has 134 valence electrons. The van der Waals surface area contributed by atoms with Crippen molar-refractivity contribution in [2.45, 2.75) is 51.0 Å². The van der Waals surface area contributed by atoms with Gasteiger partial charge < -0.3 is 14.6 Å². The van der Waals surface area contributed by atoms with E-state index >= 15 is 0 Å². The van der Waals surface area contributed by atoms with Crippen LogP contribution in [0.4, 0.5) is 5.82 Å². The van der Waals surface area contributed by atoms with E-state index in [4.69, 9.17) is 4.74 Å². The van der Waals surface area contributed by atoms with E-state index in [1.165, 1.54) is 0 Å². The number of hydrogen-bond acceptors (Lipinski definition) is 4. The number of aromatic nitrogens is 4. The second-order valence-electron chi connectivity index (χ2n) is 7.12. The standard InChI is InChI=1S/C18H25N5O2/c1-12-5-3-7-16-19-10-15(23(12)16)18(24)20-17-9-14(21-22(17)2)13-6-4-8-25-11-13/h9-10,12-13H,3-8,11H2,1-2H3,(H,20,24). The first-order valence-corrected chi connectivity index (χ1v) is 9.12. The lowest BCUT2D eigenvalue weighted by molar-refractivity contribution is 0.0791. The molecule has 2 aromatic heterocycles. The Bertz CT molecular complexity index is 773. The van der Waals surface area contributed by atoms with Crippen LogP contribution >= 0.6 is 0 Å². The highest BCUT2D eigenvalue weighted by atomic mass is 16.5. The van der Waals surface area contributed by atoms with Crippen molar-refractivity contribution >= 4 is 11.7 Å². The highest BCUT2D eigenvalue weighted by Gasteiger charge is 2.25. The Morgan fingerprint density at radius 2 is 2.24 bits per heavy atom. The molecule has 2 atom stereocenters. The SMILES string of the molecule is CC1CCCc2ncc(C(=O)Nc3cc(C4CCCOC4)nn3C)n21. The molecular formula is C18H25N5O2. The van der Waals surface area contributed by atoms with Crippen LogP contribution in [0, 0.1) is 0 Å². The molecule has 0 radical (unpaired) electrons. The number of carbonyl (C=O) groups is 1. The van der Waals surface area contributed by atoms with Crippen molar-refractivity contribution in [1.82, 2.24) is 19.3 Å². The molecule has 7 nitrogen and oxygen atoms in total. The molecule has 2 aliphatic rings. The van der Waals surface area contributed by atoms with Crippen LogP contribution in [-0.2, 0) is 18.2 Å². The van der Waals surface area contributed by atoms with Gasteiger partial charge >= 0.3 is 0 Å². The third-order valence-electron chi connectivity index (χ3n) is 5.29. The summed E-state index contributed by atoms with van der Waals surface area (Å²) in [4.78, 5) is 17.2. The smallest absolute Gasteiger partial charge is 0.275 e. The van der Waals surface area contributed by atoms with Gasteiger partial charge in [0.2, 0.25) is 0 Å². The van der Waals surface area contributed by atoms with Crippen LogP contribution < -0.4 is 5.32 Å². The fraction of sp³-hybridized carbons (Fsp3) is 0.611. The summed E-state index contributed by atoms with van der Waals surface area (Å²) in [5.41, 5.74) is 1.62. The maximum absolute atomic E-state index is 12.8. The third kappa shape index (κ3) is 3.08. The van der Waals surface area contributed by atoms with E-state index in [1.54, 1.807) is 10.9 Å². The molecule has 2 aromatic rings. The highest BCUT2D eigenvalue weighted by molar-refractivity contribution is 6.02. The Hall–Kier alpha value is -2.15. The van der Waals surface area contributed by atoms with Crippen molar-refractivity contribution < 1.29 is 9.53 Å². The number of rotatable bonds is 3. The summed E-state index contributed by atoms with van der Waals surface area (Å²) in [6.07, 6.45) is 6.99. The second kappa shape index (κ2) is 6.63. The number of imidazole rings is 1. The molecule has 0 spiro atoms. The largest absolute Gasteiger partial charge is 0.381 e. The zero-order chi connectivity index (χ0) is 17.4. The van der Waals surface area contributed by atoms with E-state index in [9.17, 15) is 4.79 Å². The molecule has 2 aliphatic heterocycles. The van der Waals surface area contributed by atoms with E-state index in [1.807, 2.05) is 13.1 Å². The summed E-state index contributed by atoms with van der Waals surface area (Å²) in [6.45, 7) is 3.68. The van der Waals surface area contributed by atoms with Gasteiger partial charge in [0.1, 0.15) is 17.3 Å². The van der Waals surface area contributed by atoms with Crippen molar-refractivity contribution in [2.24, 2.45) is 7.05 Å². The van der Waals surface area contributed by atoms with Crippen LogP contribution in [0.3, 0.4) is 0 Å². The molecule has 7 heteroatoms. The molecule has 0 aromatic carbocycles. The lowest BCUT2D eigenvalue weighted by Crippen LogP contribution is -2.23. The minimum Gasteiger partial charge on any atom is -0.381 e. The quantitative estimate of drug-likeness (QED) is 0.930. The Labute approximate surface area is 147 Å². The van der Waals surface area contributed by atoms with E-state index in [0.29, 0.717) is 30.1 Å². The Kier molecular flexibility index (Phi) is 4.33. The van der Waals surface area contributed by atoms with Gasteiger partial charge in [-0.25, -0.2) is 4.98 Å². The summed E-state index contributed by atoms with van der Waals surface area (Å²) in [7, 11) is 1.86. The number of ether oxygens (including phenoxy) is 1. The van der Waals surface area contributed by atoms with Crippen LogP contribution in [0.25, 0.3) is 0 Å². The number of anilines is 1. The van der Waals surface area contributed by atoms with Gasteiger partial charge in [-0.2, -0.15) is 5.10 Å². The zero-order valence-electron chi connectivity index (χ0n) is 14.9. The number of aryl methyl sites for hydroxylation is 2. The van der Waals surface area contributed by atoms with E-state index < -0.39 is 0 Å². The monoisotopic (exact) mass is 343 g/mol. The van der Waals surface area contributed by atoms with Gasteiger partial charge in [-0.3, -0.25) is 9.48 Å². The lowest BCUT2D eigenvalue weighted by atomic mass is 9.99. The first-order valence-electron chi connectivity index (χ1n) is 9.12. The number of amides is 1. The summed E-state index contributed by atoms with van der Waals surface area (Å²) in [5, 5.41) is 7.57. The fourth-order valence-corrected chi connectivity index (χ4v) is 3.89. The molecule has 25 heavy (non-hydrogen) atoms.